The molecule has 0 aromatic carbocycles. The van der Waals surface area contributed by atoms with Crippen LogP contribution in [-0.4, -0.2) is 64.1 Å². The van der Waals surface area contributed by atoms with Crippen LogP contribution in [-0.2, 0) is 18.4 Å². The number of ketones is 1. The predicted octanol–water partition coefficient (Wildman–Crippen LogP) is 6.06. The number of alkyl carbamates (subject to hydrolysis) is 1. The molecule has 0 bridgehead atoms. The van der Waals surface area contributed by atoms with Crippen LogP contribution in [0, 0.1) is 25.7 Å². The number of hydrogen-bond acceptors (Lipinski definition) is 6. The second-order valence-electron chi connectivity index (χ2n) is 13.4. The molecule has 0 aliphatic rings. The van der Waals surface area contributed by atoms with Gasteiger partial charge in [-0.15, -0.1) is 0 Å². The third-order valence-corrected chi connectivity index (χ3v) is 15.9. The molecule has 1 amide bonds. The fourth-order valence-electron chi connectivity index (χ4n) is 2.60. The number of nitrogens with one attached hydrogen (secondary N) is 1. The highest BCUT2D eigenvalue weighted by atomic mass is 28.4. The molecule has 7 nitrogen and oxygen atoms in total. The van der Waals surface area contributed by atoms with Gasteiger partial charge in [0.1, 0.15) is 17.7 Å². The average Bonchev–Trinajstić information content (AvgIpc) is 2.65. The summed E-state index contributed by atoms with van der Waals surface area (Å²) in [5.74, 6) is -0.456. The first-order chi connectivity index (χ1) is 15.9. The van der Waals surface area contributed by atoms with E-state index in [-0.39, 0.29) is 16.7 Å². The van der Waals surface area contributed by atoms with E-state index in [1.807, 2.05) is 6.92 Å². The summed E-state index contributed by atoms with van der Waals surface area (Å²) in [4.78, 5) is 25.8. The van der Waals surface area contributed by atoms with E-state index in [9.17, 15) is 14.7 Å². The average molecular weight is 544 g/mol. The zero-order valence-corrected chi connectivity index (χ0v) is 27.2. The van der Waals surface area contributed by atoms with Crippen LogP contribution in [0.4, 0.5) is 4.79 Å². The van der Waals surface area contributed by atoms with Gasteiger partial charge in [0.25, 0.3) is 0 Å². The number of ether oxygens (including phenoxy) is 1. The fraction of sp³-hybridized carbons (Fsp3) is 0.778. The van der Waals surface area contributed by atoms with E-state index in [0.29, 0.717) is 0 Å². The molecule has 0 heterocycles. The molecule has 0 saturated carbocycles. The van der Waals surface area contributed by atoms with E-state index in [1.165, 1.54) is 6.42 Å². The first kappa shape index (κ1) is 35.3. The number of unbranched alkanes of at least 4 members (excludes halogenated alkanes) is 2. The molecular weight excluding hydrogens is 490 g/mol. The van der Waals surface area contributed by atoms with Crippen molar-refractivity contribution in [3.8, 4) is 0 Å². The molecule has 9 heteroatoms. The molecule has 210 valence electrons. The Morgan fingerprint density at radius 3 is 1.81 bits per heavy atom. The first-order valence-electron chi connectivity index (χ1n) is 12.8. The molecule has 36 heavy (non-hydrogen) atoms. The summed E-state index contributed by atoms with van der Waals surface area (Å²) < 4.78 is 18.4. The summed E-state index contributed by atoms with van der Waals surface area (Å²) in [6, 6.07) is -1.26. The minimum atomic E-state index is -2.37. The van der Waals surface area contributed by atoms with E-state index in [0.717, 1.165) is 0 Å². The van der Waals surface area contributed by atoms with Gasteiger partial charge in [0.15, 0.2) is 22.4 Å². The van der Waals surface area contributed by atoms with Crippen LogP contribution in [0.3, 0.4) is 0 Å². The van der Waals surface area contributed by atoms with Crippen LogP contribution in [0.1, 0.15) is 69.2 Å². The van der Waals surface area contributed by atoms with Gasteiger partial charge in [0, 0.05) is 6.42 Å². The number of aliphatic hydroxyl groups excluding tert-OH is 1. The highest BCUT2D eigenvalue weighted by Crippen LogP contribution is 2.39. The number of amides is 1. The topological polar surface area (TPSA) is 94.1 Å². The van der Waals surface area contributed by atoms with E-state index < -0.39 is 52.4 Å². The Morgan fingerprint density at radius 1 is 0.889 bits per heavy atom. The lowest BCUT2D eigenvalue weighted by Gasteiger charge is -2.43. The molecule has 0 aromatic rings. The van der Waals surface area contributed by atoms with Gasteiger partial charge in [-0.05, 0) is 76.3 Å². The van der Waals surface area contributed by atoms with E-state index in [2.05, 4.69) is 73.0 Å². The van der Waals surface area contributed by atoms with Gasteiger partial charge in [0.2, 0.25) is 0 Å². The largest absolute Gasteiger partial charge is 0.444 e. The second-order valence-corrected chi connectivity index (χ2v) is 23.0. The molecule has 4 radical (unpaired) electrons. The van der Waals surface area contributed by atoms with Gasteiger partial charge in [-0.3, -0.25) is 4.79 Å². The zero-order chi connectivity index (χ0) is 28.8. The van der Waals surface area contributed by atoms with Gasteiger partial charge in [-0.2, -0.15) is 0 Å². The van der Waals surface area contributed by atoms with Gasteiger partial charge >= 0.3 is 6.09 Å². The van der Waals surface area contributed by atoms with Gasteiger partial charge < -0.3 is 24.0 Å². The van der Waals surface area contributed by atoms with Crippen LogP contribution in [0.2, 0.25) is 36.3 Å². The van der Waals surface area contributed by atoms with E-state index in [4.69, 9.17) is 13.6 Å². The number of carbonyl (C=O) groups is 2. The monoisotopic (exact) mass is 543 g/mol. The molecule has 0 aliphatic heterocycles. The summed E-state index contributed by atoms with van der Waals surface area (Å²) >= 11 is 0. The lowest BCUT2D eigenvalue weighted by Crippen LogP contribution is -2.59. The van der Waals surface area contributed by atoms with E-state index >= 15 is 0 Å². The van der Waals surface area contributed by atoms with E-state index in [1.54, 1.807) is 40.0 Å². The minimum Gasteiger partial charge on any atom is -0.444 e. The maximum Gasteiger partial charge on any atom is 0.408 e. The van der Waals surface area contributed by atoms with Crippen LogP contribution in [0.25, 0.3) is 0 Å². The van der Waals surface area contributed by atoms with Gasteiger partial charge in [-0.25, -0.2) is 4.79 Å². The standard InChI is InChI=1S/C27H53NO6Si2/c1-15-16-17-18-20(29)22(28-24(31)33-25(2,3)4)23(30)21(34-36(13,14)27(8,9)10)19-32-35(11,12)26(5,6)7/h15-18,21-23,30H,19H2,1-14H3,(H,28,31)/t21-,22+,23-/m1/s1. The Balaban J connectivity index is 6.18. The Hall–Kier alpha value is -0.746. The minimum absolute atomic E-state index is 0.0430. The van der Waals surface area contributed by atoms with Gasteiger partial charge in [-0.1, -0.05) is 48.5 Å². The van der Waals surface area contributed by atoms with Crippen molar-refractivity contribution in [3.63, 3.8) is 0 Å². The van der Waals surface area contributed by atoms with Crippen molar-refractivity contribution < 1.29 is 28.3 Å². The molecule has 0 spiro atoms. The molecule has 0 aromatic heterocycles. The Morgan fingerprint density at radius 2 is 1.39 bits per heavy atom. The van der Waals surface area contributed by atoms with Crippen molar-refractivity contribution in [2.45, 2.75) is 129 Å². The van der Waals surface area contributed by atoms with Crippen molar-refractivity contribution in [2.24, 2.45) is 0 Å². The van der Waals surface area contributed by atoms with Crippen molar-refractivity contribution in [3.05, 3.63) is 25.7 Å². The summed E-state index contributed by atoms with van der Waals surface area (Å²) in [7, 11) is -4.55. The normalized spacial score (nSPS) is 16.3. The summed E-state index contributed by atoms with van der Waals surface area (Å²) in [5, 5.41) is 14.0. The summed E-state index contributed by atoms with van der Waals surface area (Å²) in [6.07, 6.45) is 3.46. The fourth-order valence-corrected chi connectivity index (χ4v) is 4.94. The van der Waals surface area contributed by atoms with Crippen LogP contribution >= 0.6 is 0 Å². The molecular formula is C27H53NO6Si2. The maximum atomic E-state index is 13.2. The molecule has 0 saturated heterocycles. The molecule has 0 fully saturated rings. The van der Waals surface area contributed by atoms with Crippen LogP contribution in [0.15, 0.2) is 0 Å². The van der Waals surface area contributed by atoms with Gasteiger partial charge in [0.05, 0.1) is 12.7 Å². The SMILES string of the molecule is C[CH][CH][CH][CH]C(=O)[C@H](NC(=O)OC(C)(C)C)[C@H](O)[C@@H](CO[Si](C)(C)C(C)(C)C)O[Si](C)(C)C(C)(C)C. The highest BCUT2D eigenvalue weighted by molar-refractivity contribution is 6.74. The van der Waals surface area contributed by atoms with Crippen LogP contribution < -0.4 is 5.32 Å². The third kappa shape index (κ3) is 11.8. The Bertz CT molecular complexity index is 705. The van der Waals surface area contributed by atoms with Crippen molar-refractivity contribution in [2.75, 3.05) is 6.61 Å². The number of carbonyl (C=O) groups excluding carboxylic acids is 2. The Labute approximate surface area is 223 Å². The molecule has 0 unspecified atom stereocenters. The summed E-state index contributed by atoms with van der Waals surface area (Å²) in [5.41, 5.74) is -0.758. The number of aliphatic hydroxyl groups is 1. The highest BCUT2D eigenvalue weighted by Gasteiger charge is 2.45. The zero-order valence-electron chi connectivity index (χ0n) is 25.2. The number of Topliss-reactive ketones (excluding diaryl/α,β-unsaturated/α-hetero) is 1. The smallest absolute Gasteiger partial charge is 0.408 e. The predicted molar refractivity (Wildman–Crippen MR) is 152 cm³/mol. The van der Waals surface area contributed by atoms with Crippen molar-refractivity contribution >= 4 is 28.5 Å². The molecule has 0 aliphatic carbocycles. The van der Waals surface area contributed by atoms with Crippen LogP contribution in [0.5, 0.6) is 0 Å². The number of hydrogen-bond donors (Lipinski definition) is 2. The Kier molecular flexibility index (Phi) is 13.1. The molecule has 2 N–H and O–H groups in total. The third-order valence-electron chi connectivity index (χ3n) is 6.93. The lowest BCUT2D eigenvalue weighted by molar-refractivity contribution is -0.123. The molecule has 0 rings (SSSR count). The van der Waals surface area contributed by atoms with Crippen molar-refractivity contribution in [1.82, 2.24) is 5.32 Å². The van der Waals surface area contributed by atoms with Crippen molar-refractivity contribution in [1.29, 1.82) is 0 Å². The quantitative estimate of drug-likeness (QED) is 0.217. The first-order valence-corrected chi connectivity index (χ1v) is 18.6. The number of rotatable bonds is 13. The second kappa shape index (κ2) is 13.4. The maximum absolute atomic E-state index is 13.2. The molecule has 3 atom stereocenters. The lowest BCUT2D eigenvalue weighted by atomic mass is 9.98. The summed E-state index contributed by atoms with van der Waals surface area (Å²) in [6.45, 7) is 28.3.